The lowest BCUT2D eigenvalue weighted by Crippen LogP contribution is -2.40. The van der Waals surface area contributed by atoms with E-state index in [-0.39, 0.29) is 5.92 Å². The smallest absolute Gasteiger partial charge is 0.0837 e. The third-order valence-corrected chi connectivity index (χ3v) is 3.06. The predicted molar refractivity (Wildman–Crippen MR) is 74.8 cm³/mol. The fraction of sp³-hybridized carbons (Fsp3) is 0.533. The lowest BCUT2D eigenvalue weighted by Gasteiger charge is -2.24. The van der Waals surface area contributed by atoms with Gasteiger partial charge in [-0.05, 0) is 12.5 Å². The molecular formula is C15H22N2O2. The molecule has 0 saturated heterocycles. The number of aliphatic hydroxyl groups is 1. The maximum absolute atomic E-state index is 10.1. The highest BCUT2D eigenvalue weighted by Crippen LogP contribution is 2.14. The van der Waals surface area contributed by atoms with Crippen LogP contribution in [0.2, 0.25) is 0 Å². The zero-order chi connectivity index (χ0) is 14.1. The van der Waals surface area contributed by atoms with Gasteiger partial charge in [0.2, 0.25) is 0 Å². The van der Waals surface area contributed by atoms with Crippen LogP contribution in [0.3, 0.4) is 0 Å². The van der Waals surface area contributed by atoms with E-state index in [1.807, 2.05) is 30.3 Å². The quantitative estimate of drug-likeness (QED) is 0.748. The molecule has 19 heavy (non-hydrogen) atoms. The number of nitrogens with zero attached hydrogens (tertiary/aromatic N) is 1. The highest BCUT2D eigenvalue weighted by molar-refractivity contribution is 5.25. The number of ether oxygens (including phenoxy) is 1. The van der Waals surface area contributed by atoms with Crippen LogP contribution in [-0.2, 0) is 4.74 Å². The van der Waals surface area contributed by atoms with E-state index in [1.54, 1.807) is 14.0 Å². The molecule has 4 nitrogen and oxygen atoms in total. The highest BCUT2D eigenvalue weighted by atomic mass is 16.5. The number of methoxy groups -OCH3 is 1. The normalized spacial score (nSPS) is 15.5. The topological polar surface area (TPSA) is 65.3 Å². The minimum absolute atomic E-state index is 0.195. The maximum Gasteiger partial charge on any atom is 0.0837 e. The Morgan fingerprint density at radius 2 is 2.11 bits per heavy atom. The molecule has 0 heterocycles. The van der Waals surface area contributed by atoms with Crippen LogP contribution in [0.5, 0.6) is 0 Å². The summed E-state index contributed by atoms with van der Waals surface area (Å²) in [6.45, 7) is 3.27. The molecule has 0 fully saturated rings. The van der Waals surface area contributed by atoms with Crippen LogP contribution in [0.4, 0.5) is 0 Å². The summed E-state index contributed by atoms with van der Waals surface area (Å²) in [5, 5.41) is 22.4. The van der Waals surface area contributed by atoms with Gasteiger partial charge in [0, 0.05) is 33.2 Å². The molecule has 2 unspecified atom stereocenters. The van der Waals surface area contributed by atoms with Crippen LogP contribution < -0.4 is 5.32 Å². The Labute approximate surface area is 115 Å². The van der Waals surface area contributed by atoms with E-state index in [9.17, 15) is 10.4 Å². The Hall–Kier alpha value is -1.41. The van der Waals surface area contributed by atoms with Gasteiger partial charge in [-0.15, -0.1) is 0 Å². The van der Waals surface area contributed by atoms with Gasteiger partial charge in [-0.2, -0.15) is 5.26 Å². The Morgan fingerprint density at radius 1 is 1.42 bits per heavy atom. The van der Waals surface area contributed by atoms with Gasteiger partial charge in [0.25, 0.3) is 0 Å². The average Bonchev–Trinajstić information content (AvgIpc) is 2.42. The average molecular weight is 262 g/mol. The third kappa shape index (κ3) is 5.84. The number of rotatable bonds is 8. The maximum atomic E-state index is 10.1. The second-order valence-corrected chi connectivity index (χ2v) is 4.96. The molecule has 0 aromatic heterocycles. The molecule has 104 valence electrons. The molecule has 0 saturated carbocycles. The SMILES string of the molecule is COCCC(C)(O)CNCC(C#N)c1ccccc1. The molecule has 0 aliphatic heterocycles. The van der Waals surface area contributed by atoms with Crippen molar-refractivity contribution in [3.63, 3.8) is 0 Å². The molecule has 2 atom stereocenters. The summed E-state index contributed by atoms with van der Waals surface area (Å²) < 4.78 is 4.96. The summed E-state index contributed by atoms with van der Waals surface area (Å²) in [6.07, 6.45) is 0.569. The monoisotopic (exact) mass is 262 g/mol. The summed E-state index contributed by atoms with van der Waals surface area (Å²) in [4.78, 5) is 0. The Balaban J connectivity index is 2.41. The van der Waals surface area contributed by atoms with Crippen molar-refractivity contribution >= 4 is 0 Å². The van der Waals surface area contributed by atoms with Crippen molar-refractivity contribution in [2.75, 3.05) is 26.8 Å². The van der Waals surface area contributed by atoms with Crippen molar-refractivity contribution in [1.29, 1.82) is 5.26 Å². The van der Waals surface area contributed by atoms with E-state index < -0.39 is 5.60 Å². The highest BCUT2D eigenvalue weighted by Gasteiger charge is 2.20. The van der Waals surface area contributed by atoms with Crippen molar-refractivity contribution in [3.8, 4) is 6.07 Å². The largest absolute Gasteiger partial charge is 0.389 e. The molecule has 0 aliphatic rings. The summed E-state index contributed by atoms with van der Waals surface area (Å²) in [7, 11) is 1.62. The molecular weight excluding hydrogens is 240 g/mol. The number of hydrogen-bond donors (Lipinski definition) is 2. The molecule has 0 radical (unpaired) electrons. The minimum Gasteiger partial charge on any atom is -0.389 e. The van der Waals surface area contributed by atoms with Crippen molar-refractivity contribution in [1.82, 2.24) is 5.32 Å². The first-order valence-corrected chi connectivity index (χ1v) is 6.45. The number of hydrogen-bond acceptors (Lipinski definition) is 4. The van der Waals surface area contributed by atoms with Crippen LogP contribution >= 0.6 is 0 Å². The first-order valence-electron chi connectivity index (χ1n) is 6.45. The van der Waals surface area contributed by atoms with Crippen molar-refractivity contribution < 1.29 is 9.84 Å². The lowest BCUT2D eigenvalue weighted by atomic mass is 9.99. The fourth-order valence-electron chi connectivity index (χ4n) is 1.82. The molecule has 0 aliphatic carbocycles. The Bertz CT molecular complexity index is 398. The van der Waals surface area contributed by atoms with Crippen LogP contribution in [0.1, 0.15) is 24.8 Å². The first kappa shape index (κ1) is 15.6. The molecule has 0 bridgehead atoms. The zero-order valence-corrected chi connectivity index (χ0v) is 11.6. The van der Waals surface area contributed by atoms with Crippen LogP contribution in [0, 0.1) is 11.3 Å². The third-order valence-electron chi connectivity index (χ3n) is 3.06. The van der Waals surface area contributed by atoms with Crippen molar-refractivity contribution in [3.05, 3.63) is 35.9 Å². The second-order valence-electron chi connectivity index (χ2n) is 4.96. The fourth-order valence-corrected chi connectivity index (χ4v) is 1.82. The predicted octanol–water partition coefficient (Wildman–Crippen LogP) is 1.67. The van der Waals surface area contributed by atoms with Gasteiger partial charge in [-0.3, -0.25) is 0 Å². The first-order chi connectivity index (χ1) is 9.09. The van der Waals surface area contributed by atoms with E-state index in [4.69, 9.17) is 4.74 Å². The summed E-state index contributed by atoms with van der Waals surface area (Å²) in [6, 6.07) is 11.9. The number of nitriles is 1. The van der Waals surface area contributed by atoms with E-state index >= 15 is 0 Å². The zero-order valence-electron chi connectivity index (χ0n) is 11.6. The second kappa shape index (κ2) is 7.90. The minimum atomic E-state index is -0.813. The Morgan fingerprint density at radius 3 is 2.68 bits per heavy atom. The molecule has 0 amide bonds. The standard InChI is InChI=1S/C15H22N2O2/c1-15(18,8-9-19-2)12-17-11-14(10-16)13-6-4-3-5-7-13/h3-7,14,17-18H,8-9,11-12H2,1-2H3. The van der Waals surface area contributed by atoms with Gasteiger partial charge < -0.3 is 15.2 Å². The summed E-state index contributed by atoms with van der Waals surface area (Å²) in [5.74, 6) is -0.195. The van der Waals surface area contributed by atoms with Crippen molar-refractivity contribution in [2.24, 2.45) is 0 Å². The molecule has 1 aromatic carbocycles. The Kier molecular flexibility index (Phi) is 6.51. The number of benzene rings is 1. The van der Waals surface area contributed by atoms with Gasteiger partial charge in [0.1, 0.15) is 0 Å². The summed E-state index contributed by atoms with van der Waals surface area (Å²) in [5.41, 5.74) is 0.182. The van der Waals surface area contributed by atoms with Crippen molar-refractivity contribution in [2.45, 2.75) is 24.9 Å². The van der Waals surface area contributed by atoms with E-state index in [1.165, 1.54) is 0 Å². The molecule has 1 rings (SSSR count). The van der Waals surface area contributed by atoms with Gasteiger partial charge >= 0.3 is 0 Å². The molecule has 4 heteroatoms. The number of nitrogens with one attached hydrogen (secondary N) is 1. The molecule has 1 aromatic rings. The molecule has 0 spiro atoms. The van der Waals surface area contributed by atoms with Crippen LogP contribution in [0.15, 0.2) is 30.3 Å². The van der Waals surface area contributed by atoms with Crippen LogP contribution in [0.25, 0.3) is 0 Å². The van der Waals surface area contributed by atoms with Gasteiger partial charge in [0.05, 0.1) is 17.6 Å². The van der Waals surface area contributed by atoms with E-state index in [2.05, 4.69) is 11.4 Å². The van der Waals surface area contributed by atoms with E-state index in [0.717, 1.165) is 5.56 Å². The lowest BCUT2D eigenvalue weighted by molar-refractivity contribution is 0.0250. The molecule has 2 N–H and O–H groups in total. The van der Waals surface area contributed by atoms with E-state index in [0.29, 0.717) is 26.1 Å². The van der Waals surface area contributed by atoms with Gasteiger partial charge in [-0.1, -0.05) is 30.3 Å². The van der Waals surface area contributed by atoms with Gasteiger partial charge in [0.15, 0.2) is 0 Å². The summed E-state index contributed by atoms with van der Waals surface area (Å²) >= 11 is 0. The van der Waals surface area contributed by atoms with Crippen LogP contribution in [-0.4, -0.2) is 37.5 Å². The van der Waals surface area contributed by atoms with Gasteiger partial charge in [-0.25, -0.2) is 0 Å².